The molecule has 0 radical (unpaired) electrons. The van der Waals surface area contributed by atoms with Crippen molar-refractivity contribution in [1.82, 2.24) is 0 Å². The van der Waals surface area contributed by atoms with E-state index in [1.807, 2.05) is 6.92 Å². The first-order valence-corrected chi connectivity index (χ1v) is 3.59. The Morgan fingerprint density at radius 1 is 1.73 bits per heavy atom. The van der Waals surface area contributed by atoms with Gasteiger partial charge in [-0.25, -0.2) is 4.79 Å². The lowest BCUT2D eigenvalue weighted by Crippen LogP contribution is -2.10. The molecule has 3 nitrogen and oxygen atoms in total. The maximum absolute atomic E-state index is 10.8. The van der Waals surface area contributed by atoms with Crippen LogP contribution in [0.1, 0.15) is 13.8 Å². The zero-order chi connectivity index (χ0) is 8.43. The fourth-order valence-electron chi connectivity index (χ4n) is 0.686. The molecular formula is C8H12O3. The molecular weight excluding hydrogens is 144 g/mol. The van der Waals surface area contributed by atoms with Gasteiger partial charge in [0.2, 0.25) is 0 Å². The molecule has 0 amide bonds. The van der Waals surface area contributed by atoms with Crippen LogP contribution in [0.2, 0.25) is 0 Å². The average Bonchev–Trinajstić information content (AvgIpc) is 2.61. The van der Waals surface area contributed by atoms with Gasteiger partial charge in [-0.05, 0) is 13.8 Å². The number of epoxide rings is 1. The molecule has 0 aliphatic carbocycles. The predicted molar refractivity (Wildman–Crippen MR) is 40.1 cm³/mol. The molecule has 1 aliphatic heterocycles. The van der Waals surface area contributed by atoms with Crippen LogP contribution >= 0.6 is 0 Å². The van der Waals surface area contributed by atoms with Gasteiger partial charge >= 0.3 is 5.97 Å². The van der Waals surface area contributed by atoms with Crippen LogP contribution in [0.4, 0.5) is 0 Å². The van der Waals surface area contributed by atoms with Crippen LogP contribution in [0.5, 0.6) is 0 Å². The molecule has 0 bridgehead atoms. The maximum atomic E-state index is 10.8. The quantitative estimate of drug-likeness (QED) is 0.346. The molecule has 0 saturated carbocycles. The largest absolute Gasteiger partial charge is 0.459 e. The maximum Gasteiger partial charge on any atom is 0.333 e. The Morgan fingerprint density at radius 3 is 2.64 bits per heavy atom. The van der Waals surface area contributed by atoms with Crippen LogP contribution in [-0.4, -0.2) is 24.8 Å². The van der Waals surface area contributed by atoms with Gasteiger partial charge in [-0.3, -0.25) is 0 Å². The summed E-state index contributed by atoms with van der Waals surface area (Å²) in [4.78, 5) is 10.8. The Hall–Kier alpha value is -0.830. The highest BCUT2D eigenvalue weighted by atomic mass is 16.6. The highest BCUT2D eigenvalue weighted by molar-refractivity contribution is 5.86. The number of carbonyl (C=O) groups is 1. The van der Waals surface area contributed by atoms with E-state index in [1.54, 1.807) is 6.92 Å². The lowest BCUT2D eigenvalue weighted by atomic mass is 10.3. The third-order valence-corrected chi connectivity index (χ3v) is 1.56. The Kier molecular flexibility index (Phi) is 2.29. The van der Waals surface area contributed by atoms with Crippen molar-refractivity contribution in [2.24, 2.45) is 0 Å². The normalized spacial score (nSPS) is 27.8. The Bertz CT molecular complexity index is 186. The summed E-state index contributed by atoms with van der Waals surface area (Å²) in [7, 11) is 0. The number of hydrogen-bond acceptors (Lipinski definition) is 3. The Balaban J connectivity index is 2.12. The molecule has 1 saturated heterocycles. The average molecular weight is 156 g/mol. The lowest BCUT2D eigenvalue weighted by Gasteiger charge is -1.99. The second kappa shape index (κ2) is 3.05. The van der Waals surface area contributed by atoms with Crippen molar-refractivity contribution in [2.45, 2.75) is 26.1 Å². The lowest BCUT2D eigenvalue weighted by molar-refractivity contribution is -0.139. The van der Waals surface area contributed by atoms with Gasteiger partial charge in [-0.2, -0.15) is 0 Å². The van der Waals surface area contributed by atoms with Crippen LogP contribution < -0.4 is 0 Å². The molecule has 0 aromatic carbocycles. The Labute approximate surface area is 66.0 Å². The van der Waals surface area contributed by atoms with E-state index in [1.165, 1.54) is 0 Å². The summed E-state index contributed by atoms with van der Waals surface area (Å²) in [6.07, 6.45) is 0.353. The van der Waals surface area contributed by atoms with Gasteiger partial charge in [0.05, 0.1) is 6.10 Å². The van der Waals surface area contributed by atoms with E-state index in [-0.39, 0.29) is 18.2 Å². The van der Waals surface area contributed by atoms with E-state index >= 15 is 0 Å². The monoisotopic (exact) mass is 156 g/mol. The molecule has 1 fully saturated rings. The van der Waals surface area contributed by atoms with Crippen LogP contribution in [0.15, 0.2) is 12.2 Å². The zero-order valence-electron chi connectivity index (χ0n) is 6.79. The van der Waals surface area contributed by atoms with Gasteiger partial charge < -0.3 is 9.47 Å². The standard InChI is InChI=1S/C8H12O3/c1-5(2)8(9)10-4-7-6(3)11-7/h6-7H,1,4H2,2-3H3. The molecule has 0 aromatic rings. The van der Waals surface area contributed by atoms with Gasteiger partial charge in [-0.1, -0.05) is 6.58 Å². The summed E-state index contributed by atoms with van der Waals surface area (Å²) in [5, 5.41) is 0. The fraction of sp³-hybridized carbons (Fsp3) is 0.625. The van der Waals surface area contributed by atoms with Crippen LogP contribution in [0.3, 0.4) is 0 Å². The summed E-state index contributed by atoms with van der Waals surface area (Å²) in [6.45, 7) is 7.38. The molecule has 1 heterocycles. The summed E-state index contributed by atoms with van der Waals surface area (Å²) in [6, 6.07) is 0. The van der Waals surface area contributed by atoms with Crippen LogP contribution in [0.25, 0.3) is 0 Å². The smallest absolute Gasteiger partial charge is 0.333 e. The van der Waals surface area contributed by atoms with Crippen molar-refractivity contribution >= 4 is 5.97 Å². The first kappa shape index (κ1) is 8.27. The molecule has 62 valence electrons. The van der Waals surface area contributed by atoms with Crippen molar-refractivity contribution < 1.29 is 14.3 Å². The number of esters is 1. The highest BCUT2D eigenvalue weighted by Gasteiger charge is 2.35. The molecule has 2 atom stereocenters. The van der Waals surface area contributed by atoms with E-state index < -0.39 is 0 Å². The molecule has 3 heteroatoms. The zero-order valence-corrected chi connectivity index (χ0v) is 6.79. The first-order valence-electron chi connectivity index (χ1n) is 3.59. The summed E-state index contributed by atoms with van der Waals surface area (Å²) in [5.74, 6) is -0.340. The summed E-state index contributed by atoms with van der Waals surface area (Å²) in [5.41, 5.74) is 0.429. The minimum absolute atomic E-state index is 0.110. The third kappa shape index (κ3) is 2.35. The first-order chi connectivity index (χ1) is 5.11. The highest BCUT2D eigenvalue weighted by Crippen LogP contribution is 2.20. The van der Waals surface area contributed by atoms with Gasteiger partial charge in [-0.15, -0.1) is 0 Å². The van der Waals surface area contributed by atoms with E-state index in [4.69, 9.17) is 9.47 Å². The van der Waals surface area contributed by atoms with Crippen molar-refractivity contribution in [3.05, 3.63) is 12.2 Å². The topological polar surface area (TPSA) is 38.8 Å². The molecule has 1 aliphatic rings. The van der Waals surface area contributed by atoms with E-state index in [0.29, 0.717) is 12.2 Å². The minimum Gasteiger partial charge on any atom is -0.459 e. The number of rotatable bonds is 3. The van der Waals surface area contributed by atoms with Crippen molar-refractivity contribution in [3.63, 3.8) is 0 Å². The van der Waals surface area contributed by atoms with Crippen molar-refractivity contribution in [3.8, 4) is 0 Å². The fourth-order valence-corrected chi connectivity index (χ4v) is 0.686. The number of hydrogen-bond donors (Lipinski definition) is 0. The number of carbonyl (C=O) groups excluding carboxylic acids is 1. The van der Waals surface area contributed by atoms with E-state index in [9.17, 15) is 4.79 Å². The van der Waals surface area contributed by atoms with Crippen molar-refractivity contribution in [1.29, 1.82) is 0 Å². The van der Waals surface area contributed by atoms with Gasteiger partial charge in [0, 0.05) is 5.57 Å². The molecule has 2 unspecified atom stereocenters. The third-order valence-electron chi connectivity index (χ3n) is 1.56. The SMILES string of the molecule is C=C(C)C(=O)OCC1OC1C. The number of ether oxygens (including phenoxy) is 2. The second-order valence-electron chi connectivity index (χ2n) is 2.76. The van der Waals surface area contributed by atoms with Crippen LogP contribution in [-0.2, 0) is 14.3 Å². The predicted octanol–water partition coefficient (Wildman–Crippen LogP) is 0.893. The molecule has 1 rings (SSSR count). The Morgan fingerprint density at radius 2 is 2.27 bits per heavy atom. The molecule has 0 aromatic heterocycles. The van der Waals surface area contributed by atoms with Gasteiger partial charge in [0.1, 0.15) is 12.7 Å². The van der Waals surface area contributed by atoms with E-state index in [0.717, 1.165) is 0 Å². The summed E-state index contributed by atoms with van der Waals surface area (Å²) >= 11 is 0. The van der Waals surface area contributed by atoms with Gasteiger partial charge in [0.25, 0.3) is 0 Å². The molecule has 11 heavy (non-hydrogen) atoms. The molecule has 0 spiro atoms. The van der Waals surface area contributed by atoms with Gasteiger partial charge in [0.15, 0.2) is 0 Å². The van der Waals surface area contributed by atoms with Crippen molar-refractivity contribution in [2.75, 3.05) is 6.61 Å². The van der Waals surface area contributed by atoms with Crippen LogP contribution in [0, 0.1) is 0 Å². The minimum atomic E-state index is -0.340. The van der Waals surface area contributed by atoms with E-state index in [2.05, 4.69) is 6.58 Å². The molecule has 0 N–H and O–H groups in total. The second-order valence-corrected chi connectivity index (χ2v) is 2.76. The summed E-state index contributed by atoms with van der Waals surface area (Å²) < 4.78 is 9.87.